The maximum absolute atomic E-state index is 10.7. The number of hydrogen-bond donors (Lipinski definition) is 2. The van der Waals surface area contributed by atoms with Crippen LogP contribution in [0.4, 0.5) is 5.95 Å². The van der Waals surface area contributed by atoms with Crippen molar-refractivity contribution in [2.75, 3.05) is 11.9 Å². The van der Waals surface area contributed by atoms with E-state index in [2.05, 4.69) is 15.3 Å². The van der Waals surface area contributed by atoms with Gasteiger partial charge in [0.25, 0.3) is 5.56 Å². The van der Waals surface area contributed by atoms with Gasteiger partial charge in [-0.25, -0.2) is 4.98 Å². The minimum Gasteiger partial charge on any atom is -0.356 e. The largest absolute Gasteiger partial charge is 0.356 e. The van der Waals surface area contributed by atoms with Gasteiger partial charge in [0.15, 0.2) is 0 Å². The summed E-state index contributed by atoms with van der Waals surface area (Å²) in [5.41, 5.74) is -0.126. The summed E-state index contributed by atoms with van der Waals surface area (Å²) in [4.78, 5) is 17.2. The molecule has 0 atom stereocenters. The fourth-order valence-electron chi connectivity index (χ4n) is 0.703. The summed E-state index contributed by atoms with van der Waals surface area (Å²) in [5, 5.41) is 2.97. The maximum Gasteiger partial charge on any atom is 0.252 e. The van der Waals surface area contributed by atoms with Gasteiger partial charge in [-0.1, -0.05) is 6.92 Å². The van der Waals surface area contributed by atoms with E-state index in [9.17, 15) is 4.79 Å². The monoisotopic (exact) mass is 153 g/mol. The topological polar surface area (TPSA) is 57.8 Å². The molecule has 0 bridgehead atoms. The van der Waals surface area contributed by atoms with E-state index in [0.717, 1.165) is 13.0 Å². The summed E-state index contributed by atoms with van der Waals surface area (Å²) in [6.07, 6.45) is 2.50. The zero-order valence-electron chi connectivity index (χ0n) is 6.42. The molecule has 0 unspecified atom stereocenters. The third-order valence-electron chi connectivity index (χ3n) is 1.21. The first-order chi connectivity index (χ1) is 5.33. The highest BCUT2D eigenvalue weighted by atomic mass is 16.1. The highest BCUT2D eigenvalue weighted by Crippen LogP contribution is 1.89. The normalized spacial score (nSPS) is 9.55. The fourth-order valence-corrected chi connectivity index (χ4v) is 0.703. The van der Waals surface area contributed by atoms with Crippen LogP contribution in [0.5, 0.6) is 0 Å². The number of aromatic amines is 1. The van der Waals surface area contributed by atoms with Crippen LogP contribution in [0.15, 0.2) is 17.1 Å². The van der Waals surface area contributed by atoms with Crippen molar-refractivity contribution in [3.8, 4) is 0 Å². The molecule has 2 N–H and O–H groups in total. The quantitative estimate of drug-likeness (QED) is 0.668. The molecule has 0 fully saturated rings. The van der Waals surface area contributed by atoms with Gasteiger partial charge in [0.2, 0.25) is 5.95 Å². The highest BCUT2D eigenvalue weighted by molar-refractivity contribution is 5.21. The molecule has 0 aromatic carbocycles. The van der Waals surface area contributed by atoms with E-state index in [1.165, 1.54) is 12.3 Å². The summed E-state index contributed by atoms with van der Waals surface area (Å²) >= 11 is 0. The first kappa shape index (κ1) is 7.78. The molecule has 1 aromatic heterocycles. The number of anilines is 1. The second-order valence-corrected chi connectivity index (χ2v) is 2.21. The van der Waals surface area contributed by atoms with Crippen molar-refractivity contribution in [2.24, 2.45) is 0 Å². The zero-order valence-corrected chi connectivity index (χ0v) is 6.42. The van der Waals surface area contributed by atoms with Gasteiger partial charge in [0, 0.05) is 18.8 Å². The average molecular weight is 153 g/mol. The third-order valence-corrected chi connectivity index (χ3v) is 1.21. The van der Waals surface area contributed by atoms with Crippen molar-refractivity contribution in [2.45, 2.75) is 13.3 Å². The second-order valence-electron chi connectivity index (χ2n) is 2.21. The molecular weight excluding hydrogens is 142 g/mol. The minimum atomic E-state index is -0.126. The van der Waals surface area contributed by atoms with Crippen molar-refractivity contribution in [3.05, 3.63) is 22.6 Å². The molecule has 0 amide bonds. The Kier molecular flexibility index (Phi) is 2.66. The van der Waals surface area contributed by atoms with Gasteiger partial charge >= 0.3 is 0 Å². The Labute approximate surface area is 64.7 Å². The Morgan fingerprint density at radius 3 is 3.18 bits per heavy atom. The number of aromatic nitrogens is 2. The van der Waals surface area contributed by atoms with Crippen molar-refractivity contribution in [3.63, 3.8) is 0 Å². The Morgan fingerprint density at radius 1 is 1.73 bits per heavy atom. The SMILES string of the molecule is CCCNc1nccc(=O)[nH]1. The van der Waals surface area contributed by atoms with Crippen molar-refractivity contribution >= 4 is 5.95 Å². The lowest BCUT2D eigenvalue weighted by atomic mass is 10.5. The van der Waals surface area contributed by atoms with E-state index >= 15 is 0 Å². The van der Waals surface area contributed by atoms with Gasteiger partial charge in [-0.05, 0) is 6.42 Å². The average Bonchev–Trinajstić information content (AvgIpc) is 2.01. The van der Waals surface area contributed by atoms with E-state index in [4.69, 9.17) is 0 Å². The lowest BCUT2D eigenvalue weighted by Crippen LogP contribution is -2.11. The lowest BCUT2D eigenvalue weighted by molar-refractivity contribution is 0.947. The molecule has 1 rings (SSSR count). The molecule has 60 valence electrons. The van der Waals surface area contributed by atoms with Crippen LogP contribution in [0.25, 0.3) is 0 Å². The maximum atomic E-state index is 10.7. The molecule has 0 radical (unpaired) electrons. The van der Waals surface area contributed by atoms with E-state index in [1.54, 1.807) is 0 Å². The second kappa shape index (κ2) is 3.75. The van der Waals surface area contributed by atoms with Crippen LogP contribution in [0, 0.1) is 0 Å². The summed E-state index contributed by atoms with van der Waals surface area (Å²) in [5.74, 6) is 0.541. The van der Waals surface area contributed by atoms with Crippen LogP contribution >= 0.6 is 0 Å². The van der Waals surface area contributed by atoms with E-state index in [-0.39, 0.29) is 5.56 Å². The molecular formula is C7H11N3O. The standard InChI is InChI=1S/C7H11N3O/c1-2-4-8-7-9-5-3-6(11)10-7/h3,5H,2,4H2,1H3,(H2,8,9,10,11). The molecule has 0 aliphatic carbocycles. The van der Waals surface area contributed by atoms with Gasteiger partial charge in [0.05, 0.1) is 0 Å². The van der Waals surface area contributed by atoms with E-state index < -0.39 is 0 Å². The predicted molar refractivity (Wildman–Crippen MR) is 43.6 cm³/mol. The molecule has 0 aliphatic heterocycles. The highest BCUT2D eigenvalue weighted by Gasteiger charge is 1.89. The van der Waals surface area contributed by atoms with Crippen molar-refractivity contribution in [1.29, 1.82) is 0 Å². The van der Waals surface area contributed by atoms with Crippen LogP contribution < -0.4 is 10.9 Å². The molecule has 0 saturated carbocycles. The molecule has 1 heterocycles. The van der Waals surface area contributed by atoms with Crippen LogP contribution in [0.2, 0.25) is 0 Å². The summed E-state index contributed by atoms with van der Waals surface area (Å²) < 4.78 is 0. The van der Waals surface area contributed by atoms with Crippen LogP contribution in [0.3, 0.4) is 0 Å². The van der Waals surface area contributed by atoms with Crippen LogP contribution in [0.1, 0.15) is 13.3 Å². The Bertz CT molecular complexity index is 268. The fraction of sp³-hybridized carbons (Fsp3) is 0.429. The number of nitrogens with zero attached hydrogens (tertiary/aromatic N) is 1. The smallest absolute Gasteiger partial charge is 0.252 e. The predicted octanol–water partition coefficient (Wildman–Crippen LogP) is 0.592. The van der Waals surface area contributed by atoms with Gasteiger partial charge in [0.1, 0.15) is 0 Å². The Hall–Kier alpha value is -1.32. The van der Waals surface area contributed by atoms with Gasteiger partial charge in [-0.3, -0.25) is 9.78 Å². The third kappa shape index (κ3) is 2.41. The number of nitrogens with one attached hydrogen (secondary N) is 2. The molecule has 11 heavy (non-hydrogen) atoms. The van der Waals surface area contributed by atoms with Crippen molar-refractivity contribution in [1.82, 2.24) is 9.97 Å². The lowest BCUT2D eigenvalue weighted by Gasteiger charge is -2.00. The molecule has 0 aliphatic rings. The summed E-state index contributed by atoms with van der Waals surface area (Å²) in [7, 11) is 0. The molecule has 4 heteroatoms. The molecule has 4 nitrogen and oxygen atoms in total. The molecule has 0 saturated heterocycles. The Balaban J connectivity index is 2.64. The molecule has 0 spiro atoms. The molecule has 1 aromatic rings. The van der Waals surface area contributed by atoms with Crippen molar-refractivity contribution < 1.29 is 0 Å². The Morgan fingerprint density at radius 2 is 2.55 bits per heavy atom. The van der Waals surface area contributed by atoms with Crippen LogP contribution in [-0.4, -0.2) is 16.5 Å². The van der Waals surface area contributed by atoms with Crippen LogP contribution in [-0.2, 0) is 0 Å². The summed E-state index contributed by atoms with van der Waals surface area (Å²) in [6, 6.07) is 1.39. The van der Waals surface area contributed by atoms with Gasteiger partial charge in [-0.15, -0.1) is 0 Å². The number of hydrogen-bond acceptors (Lipinski definition) is 3. The van der Waals surface area contributed by atoms with E-state index in [1.807, 2.05) is 6.92 Å². The summed E-state index contributed by atoms with van der Waals surface area (Å²) in [6.45, 7) is 2.88. The first-order valence-corrected chi connectivity index (χ1v) is 3.62. The first-order valence-electron chi connectivity index (χ1n) is 3.62. The minimum absolute atomic E-state index is 0.126. The zero-order chi connectivity index (χ0) is 8.10. The van der Waals surface area contributed by atoms with Gasteiger partial charge < -0.3 is 5.32 Å². The number of H-pyrrole nitrogens is 1. The van der Waals surface area contributed by atoms with Gasteiger partial charge in [-0.2, -0.15) is 0 Å². The number of rotatable bonds is 3. The van der Waals surface area contributed by atoms with E-state index in [0.29, 0.717) is 5.95 Å².